The zero-order valence-electron chi connectivity index (χ0n) is 15.0. The number of carbonyl (C=O) groups excluding carboxylic acids is 1. The van der Waals surface area contributed by atoms with Crippen LogP contribution in [0.15, 0.2) is 36.7 Å². The highest BCUT2D eigenvalue weighted by Crippen LogP contribution is 2.25. The van der Waals surface area contributed by atoms with Crippen molar-refractivity contribution in [1.82, 2.24) is 9.97 Å². The number of halogens is 1. The average molecular weight is 389 g/mol. The Morgan fingerprint density at radius 3 is 2.81 bits per heavy atom. The van der Waals surface area contributed by atoms with Crippen molar-refractivity contribution in [1.29, 1.82) is 0 Å². The first kappa shape index (κ1) is 19.0. The van der Waals surface area contributed by atoms with E-state index in [0.717, 1.165) is 11.5 Å². The predicted molar refractivity (Wildman–Crippen MR) is 103 cm³/mol. The molecule has 3 aromatic rings. The molecule has 0 amide bonds. The van der Waals surface area contributed by atoms with Crippen LogP contribution in [-0.2, 0) is 16.4 Å². The Labute approximate surface area is 156 Å². The smallest absolute Gasteiger partial charge is 0.232 e. The van der Waals surface area contributed by atoms with Gasteiger partial charge in [0.05, 0.1) is 17.0 Å². The van der Waals surface area contributed by atoms with Crippen LogP contribution < -0.4 is 4.72 Å². The van der Waals surface area contributed by atoms with E-state index in [4.69, 9.17) is 0 Å². The monoisotopic (exact) mass is 389 g/mol. The number of nitrogens with zero attached hydrogens (tertiary/aromatic N) is 1. The van der Waals surface area contributed by atoms with Crippen molar-refractivity contribution in [3.05, 3.63) is 59.2 Å². The summed E-state index contributed by atoms with van der Waals surface area (Å²) in [4.78, 5) is 19.9. The fourth-order valence-electron chi connectivity index (χ4n) is 2.97. The van der Waals surface area contributed by atoms with Gasteiger partial charge in [-0.15, -0.1) is 0 Å². The van der Waals surface area contributed by atoms with E-state index in [1.807, 2.05) is 12.1 Å². The summed E-state index contributed by atoms with van der Waals surface area (Å²) in [5.74, 6) is -1.15. The summed E-state index contributed by atoms with van der Waals surface area (Å²) in [7, 11) is -3.54. The van der Waals surface area contributed by atoms with E-state index < -0.39 is 21.6 Å². The van der Waals surface area contributed by atoms with Crippen molar-refractivity contribution in [2.75, 3.05) is 10.5 Å². The van der Waals surface area contributed by atoms with Crippen LogP contribution >= 0.6 is 0 Å². The van der Waals surface area contributed by atoms with Crippen molar-refractivity contribution in [2.24, 2.45) is 0 Å². The van der Waals surface area contributed by atoms with Crippen LogP contribution in [0, 0.1) is 12.7 Å². The second-order valence-electron chi connectivity index (χ2n) is 6.37. The molecular weight excluding hydrogens is 369 g/mol. The normalized spacial score (nSPS) is 11.7. The lowest BCUT2D eigenvalue weighted by molar-refractivity contribution is 0.0988. The number of nitrogens with one attached hydrogen (secondary N) is 2. The molecule has 0 atom stereocenters. The SMILES string of the molecule is CCCS(=O)(=O)Nc1ccc(F)c(C(=O)Cc2cnc3[nH]ccc3c2)c1C. The first-order valence-corrected chi connectivity index (χ1v) is 10.2. The van der Waals surface area contributed by atoms with Gasteiger partial charge < -0.3 is 4.98 Å². The molecule has 0 saturated heterocycles. The molecule has 0 aliphatic rings. The van der Waals surface area contributed by atoms with Crippen molar-refractivity contribution in [3.8, 4) is 0 Å². The number of fused-ring (bicyclic) bond motifs is 1. The number of pyridine rings is 1. The number of H-pyrrole nitrogens is 1. The third-order valence-electron chi connectivity index (χ3n) is 4.25. The molecule has 0 aliphatic carbocycles. The lowest BCUT2D eigenvalue weighted by atomic mass is 9.98. The van der Waals surface area contributed by atoms with Gasteiger partial charge in [-0.05, 0) is 48.7 Å². The molecule has 0 spiro atoms. The Morgan fingerprint density at radius 1 is 1.30 bits per heavy atom. The van der Waals surface area contributed by atoms with Crippen molar-refractivity contribution >= 4 is 32.5 Å². The zero-order valence-corrected chi connectivity index (χ0v) is 15.9. The molecule has 0 radical (unpaired) electrons. The van der Waals surface area contributed by atoms with Gasteiger partial charge in [-0.2, -0.15) is 0 Å². The molecule has 2 N–H and O–H groups in total. The van der Waals surface area contributed by atoms with Crippen LogP contribution in [0.4, 0.5) is 10.1 Å². The van der Waals surface area contributed by atoms with Gasteiger partial charge in [-0.3, -0.25) is 9.52 Å². The van der Waals surface area contributed by atoms with E-state index in [1.54, 1.807) is 19.3 Å². The van der Waals surface area contributed by atoms with Gasteiger partial charge in [0.2, 0.25) is 10.0 Å². The molecule has 27 heavy (non-hydrogen) atoms. The summed E-state index contributed by atoms with van der Waals surface area (Å²) < 4.78 is 40.8. The Bertz CT molecular complexity index is 1110. The molecule has 0 unspecified atom stereocenters. The number of benzene rings is 1. The lowest BCUT2D eigenvalue weighted by Gasteiger charge is -2.14. The number of ketones is 1. The summed E-state index contributed by atoms with van der Waals surface area (Å²) in [5.41, 5.74) is 1.74. The standard InChI is InChI=1S/C19H20FN3O3S/c1-3-8-27(25,26)23-16-5-4-15(20)18(12(16)2)17(24)10-13-9-14-6-7-21-19(14)22-11-13/h4-7,9,11,23H,3,8,10H2,1-2H3,(H,21,22). The average Bonchev–Trinajstić information content (AvgIpc) is 3.05. The van der Waals surface area contributed by atoms with Gasteiger partial charge in [0.25, 0.3) is 0 Å². The third-order valence-corrected chi connectivity index (χ3v) is 5.73. The van der Waals surface area contributed by atoms with Crippen molar-refractivity contribution in [3.63, 3.8) is 0 Å². The maximum Gasteiger partial charge on any atom is 0.232 e. The second-order valence-corrected chi connectivity index (χ2v) is 8.22. The van der Waals surface area contributed by atoms with Gasteiger partial charge in [0, 0.05) is 24.2 Å². The highest BCUT2D eigenvalue weighted by molar-refractivity contribution is 7.92. The number of anilines is 1. The van der Waals surface area contributed by atoms with Crippen molar-refractivity contribution < 1.29 is 17.6 Å². The highest BCUT2D eigenvalue weighted by atomic mass is 32.2. The fourth-order valence-corrected chi connectivity index (χ4v) is 4.17. The number of hydrogen-bond donors (Lipinski definition) is 2. The second kappa shape index (κ2) is 7.48. The summed E-state index contributed by atoms with van der Waals surface area (Å²) in [6, 6.07) is 6.10. The quantitative estimate of drug-likeness (QED) is 0.604. The summed E-state index contributed by atoms with van der Waals surface area (Å²) in [6.45, 7) is 3.29. The lowest BCUT2D eigenvalue weighted by Crippen LogP contribution is -2.18. The van der Waals surface area contributed by atoms with E-state index in [-0.39, 0.29) is 29.0 Å². The number of hydrogen-bond acceptors (Lipinski definition) is 4. The largest absolute Gasteiger partial charge is 0.346 e. The van der Waals surface area contributed by atoms with Crippen LogP contribution in [0.1, 0.15) is 34.8 Å². The summed E-state index contributed by atoms with van der Waals surface area (Å²) in [5, 5.41) is 0.860. The Hall–Kier alpha value is -2.74. The van der Waals surface area contributed by atoms with Crippen LogP contribution in [0.2, 0.25) is 0 Å². The minimum atomic E-state index is -3.54. The van der Waals surface area contributed by atoms with Gasteiger partial charge in [-0.1, -0.05) is 6.92 Å². The Balaban J connectivity index is 1.90. The number of Topliss-reactive ketones (excluding diaryl/α,β-unsaturated/α-hetero) is 1. The number of sulfonamides is 1. The van der Waals surface area contributed by atoms with E-state index in [0.29, 0.717) is 17.6 Å². The minimum Gasteiger partial charge on any atom is -0.346 e. The number of carbonyl (C=O) groups is 1. The third kappa shape index (κ3) is 4.16. The van der Waals surface area contributed by atoms with Crippen LogP contribution in [0.5, 0.6) is 0 Å². The minimum absolute atomic E-state index is 0.0307. The topological polar surface area (TPSA) is 91.9 Å². The first-order valence-electron chi connectivity index (χ1n) is 8.55. The molecule has 142 valence electrons. The van der Waals surface area contributed by atoms with E-state index in [2.05, 4.69) is 14.7 Å². The molecule has 2 heterocycles. The molecule has 0 aliphatic heterocycles. The van der Waals surface area contributed by atoms with Crippen LogP contribution in [-0.4, -0.2) is 29.9 Å². The summed E-state index contributed by atoms with van der Waals surface area (Å²) >= 11 is 0. The van der Waals surface area contributed by atoms with Crippen LogP contribution in [0.25, 0.3) is 11.0 Å². The Morgan fingerprint density at radius 2 is 2.07 bits per heavy atom. The van der Waals surface area contributed by atoms with Gasteiger partial charge in [-0.25, -0.2) is 17.8 Å². The maximum atomic E-state index is 14.3. The molecule has 2 aromatic heterocycles. The Kier molecular flexibility index (Phi) is 5.27. The molecular formula is C19H20FN3O3S. The fraction of sp³-hybridized carbons (Fsp3) is 0.263. The highest BCUT2D eigenvalue weighted by Gasteiger charge is 2.20. The predicted octanol–water partition coefficient (Wildman–Crippen LogP) is 3.59. The van der Waals surface area contributed by atoms with Gasteiger partial charge in [0.1, 0.15) is 11.5 Å². The van der Waals surface area contributed by atoms with E-state index in [9.17, 15) is 17.6 Å². The number of rotatable bonds is 7. The van der Waals surface area contributed by atoms with Crippen LogP contribution in [0.3, 0.4) is 0 Å². The molecule has 8 heteroatoms. The molecule has 1 aromatic carbocycles. The van der Waals surface area contributed by atoms with Gasteiger partial charge in [0.15, 0.2) is 5.78 Å². The molecule has 0 bridgehead atoms. The molecule has 0 fully saturated rings. The summed E-state index contributed by atoms with van der Waals surface area (Å²) in [6.07, 6.45) is 3.74. The zero-order chi connectivity index (χ0) is 19.6. The molecule has 0 saturated carbocycles. The van der Waals surface area contributed by atoms with Gasteiger partial charge >= 0.3 is 0 Å². The molecule has 6 nitrogen and oxygen atoms in total. The van der Waals surface area contributed by atoms with Crippen molar-refractivity contribution in [2.45, 2.75) is 26.7 Å². The first-order chi connectivity index (χ1) is 12.8. The van der Waals surface area contributed by atoms with E-state index in [1.165, 1.54) is 13.0 Å². The van der Waals surface area contributed by atoms with E-state index >= 15 is 0 Å². The number of aromatic nitrogens is 2. The number of aromatic amines is 1. The molecule has 3 rings (SSSR count). The maximum absolute atomic E-state index is 14.3.